The van der Waals surface area contributed by atoms with Crippen molar-refractivity contribution in [3.05, 3.63) is 80.9 Å². The molecule has 0 aliphatic rings. The molecule has 0 atom stereocenters. The number of carbonyl (C=O) groups excluding carboxylic acids is 1. The molecule has 0 spiro atoms. The molecule has 7 heteroatoms. The van der Waals surface area contributed by atoms with E-state index in [1.165, 1.54) is 24.4 Å². The van der Waals surface area contributed by atoms with Gasteiger partial charge in [0.15, 0.2) is 0 Å². The Labute approximate surface area is 140 Å². The van der Waals surface area contributed by atoms with Crippen molar-refractivity contribution in [2.45, 2.75) is 0 Å². The zero-order valence-electron chi connectivity index (χ0n) is 12.2. The average Bonchev–Trinajstić information content (AvgIpc) is 2.57. The number of nitrogens with zero attached hydrogens (tertiary/aromatic N) is 1. The van der Waals surface area contributed by atoms with Gasteiger partial charge in [0.25, 0.3) is 5.91 Å². The van der Waals surface area contributed by atoms with Crippen LogP contribution in [0.1, 0.15) is 15.9 Å². The van der Waals surface area contributed by atoms with Gasteiger partial charge in [0, 0.05) is 22.2 Å². The van der Waals surface area contributed by atoms with E-state index in [0.29, 0.717) is 10.6 Å². The van der Waals surface area contributed by atoms with Crippen molar-refractivity contribution < 1.29 is 9.18 Å². The molecule has 24 heavy (non-hydrogen) atoms. The molecule has 0 unspecified atom stereocenters. The number of hydrazone groups is 1. The highest BCUT2D eigenvalue weighted by Gasteiger charge is 2.13. The van der Waals surface area contributed by atoms with Crippen LogP contribution in [0, 0.1) is 5.82 Å². The van der Waals surface area contributed by atoms with Crippen molar-refractivity contribution in [1.29, 1.82) is 0 Å². The summed E-state index contributed by atoms with van der Waals surface area (Å²) in [5.41, 5.74) is 2.19. The molecule has 0 radical (unpaired) electrons. The number of halogens is 2. The third-order valence-corrected chi connectivity index (χ3v) is 3.73. The Bertz CT molecular complexity index is 1010. The number of hydrogen-bond acceptors (Lipinski definition) is 3. The first-order valence-corrected chi connectivity index (χ1v) is 7.33. The zero-order chi connectivity index (χ0) is 17.1. The Kier molecular flexibility index (Phi) is 4.39. The SMILES string of the molecule is O=C(N/N=C/c1ccccc1Cl)c1c[nH]c2c(F)cccc2c1=O. The molecule has 3 rings (SSSR count). The van der Waals surface area contributed by atoms with Gasteiger partial charge in [0.1, 0.15) is 11.4 Å². The van der Waals surface area contributed by atoms with Crippen LogP contribution in [0.2, 0.25) is 5.02 Å². The van der Waals surface area contributed by atoms with Gasteiger partial charge < -0.3 is 4.98 Å². The smallest absolute Gasteiger partial charge is 0.276 e. The molecule has 5 nitrogen and oxygen atoms in total. The second-order valence-corrected chi connectivity index (χ2v) is 5.32. The third kappa shape index (κ3) is 3.04. The van der Waals surface area contributed by atoms with Crippen molar-refractivity contribution >= 4 is 34.6 Å². The fourth-order valence-electron chi connectivity index (χ4n) is 2.18. The lowest BCUT2D eigenvalue weighted by molar-refractivity contribution is 0.0954. The summed E-state index contributed by atoms with van der Waals surface area (Å²) < 4.78 is 13.6. The summed E-state index contributed by atoms with van der Waals surface area (Å²) in [4.78, 5) is 27.0. The molecule has 1 amide bonds. The molecule has 120 valence electrons. The van der Waals surface area contributed by atoms with Crippen molar-refractivity contribution in [2.24, 2.45) is 5.10 Å². The van der Waals surface area contributed by atoms with Gasteiger partial charge >= 0.3 is 0 Å². The number of hydrogen-bond donors (Lipinski definition) is 2. The predicted molar refractivity (Wildman–Crippen MR) is 91.0 cm³/mol. The van der Waals surface area contributed by atoms with Crippen molar-refractivity contribution in [3.8, 4) is 0 Å². The minimum Gasteiger partial charge on any atom is -0.358 e. The van der Waals surface area contributed by atoms with Crippen LogP contribution in [0.3, 0.4) is 0 Å². The van der Waals surface area contributed by atoms with E-state index in [1.54, 1.807) is 24.3 Å². The number of nitrogens with one attached hydrogen (secondary N) is 2. The number of carbonyl (C=O) groups is 1. The zero-order valence-corrected chi connectivity index (χ0v) is 13.0. The summed E-state index contributed by atoms with van der Waals surface area (Å²) >= 11 is 5.97. The van der Waals surface area contributed by atoms with Gasteiger partial charge in [-0.2, -0.15) is 5.10 Å². The van der Waals surface area contributed by atoms with Gasteiger partial charge in [0.2, 0.25) is 5.43 Å². The summed E-state index contributed by atoms with van der Waals surface area (Å²) in [6.45, 7) is 0. The minimum atomic E-state index is -0.703. The standard InChI is InChI=1S/C17H11ClFN3O2/c18-13-6-2-1-4-10(13)8-21-22-17(24)12-9-20-15-11(16(12)23)5-3-7-14(15)19/h1-9H,(H,20,23)(H,22,24)/b21-8+. The fraction of sp³-hybridized carbons (Fsp3) is 0. The van der Waals surface area contributed by atoms with Crippen LogP contribution < -0.4 is 10.9 Å². The molecule has 0 aliphatic heterocycles. The maximum absolute atomic E-state index is 13.6. The molecule has 3 aromatic rings. The van der Waals surface area contributed by atoms with E-state index in [2.05, 4.69) is 15.5 Å². The first-order valence-electron chi connectivity index (χ1n) is 6.96. The molecule has 0 bridgehead atoms. The number of pyridine rings is 1. The second-order valence-electron chi connectivity index (χ2n) is 4.91. The molecule has 1 aromatic heterocycles. The van der Waals surface area contributed by atoms with Crippen LogP contribution in [0.15, 0.2) is 58.6 Å². The van der Waals surface area contributed by atoms with Crippen LogP contribution in [0.25, 0.3) is 10.9 Å². The van der Waals surface area contributed by atoms with E-state index in [1.807, 2.05) is 0 Å². The van der Waals surface area contributed by atoms with Crippen LogP contribution >= 0.6 is 11.6 Å². The Morgan fingerprint density at radius 2 is 2.00 bits per heavy atom. The number of aromatic amines is 1. The largest absolute Gasteiger partial charge is 0.358 e. The van der Waals surface area contributed by atoms with Crippen molar-refractivity contribution in [1.82, 2.24) is 10.4 Å². The first-order chi connectivity index (χ1) is 11.6. The van der Waals surface area contributed by atoms with E-state index < -0.39 is 17.2 Å². The highest BCUT2D eigenvalue weighted by atomic mass is 35.5. The summed E-state index contributed by atoms with van der Waals surface area (Å²) in [6.07, 6.45) is 2.53. The van der Waals surface area contributed by atoms with Gasteiger partial charge in [-0.3, -0.25) is 9.59 Å². The van der Waals surface area contributed by atoms with Gasteiger partial charge in [-0.25, -0.2) is 9.82 Å². The number of aromatic nitrogens is 1. The fourth-order valence-corrected chi connectivity index (χ4v) is 2.37. The highest BCUT2D eigenvalue weighted by Crippen LogP contribution is 2.13. The summed E-state index contributed by atoms with van der Waals surface area (Å²) in [5, 5.41) is 4.36. The van der Waals surface area contributed by atoms with Crippen molar-refractivity contribution in [3.63, 3.8) is 0 Å². The maximum Gasteiger partial charge on any atom is 0.276 e. The molecule has 2 N–H and O–H groups in total. The molecule has 0 fully saturated rings. The number of para-hydroxylation sites is 1. The second kappa shape index (κ2) is 6.64. The van der Waals surface area contributed by atoms with Crippen LogP contribution in [0.4, 0.5) is 4.39 Å². The molecular formula is C17H11ClFN3O2. The number of benzene rings is 2. The topological polar surface area (TPSA) is 74.3 Å². The summed E-state index contributed by atoms with van der Waals surface area (Å²) in [7, 11) is 0. The highest BCUT2D eigenvalue weighted by molar-refractivity contribution is 6.33. The van der Waals surface area contributed by atoms with E-state index in [4.69, 9.17) is 11.6 Å². The lowest BCUT2D eigenvalue weighted by Crippen LogP contribution is -2.25. The Morgan fingerprint density at radius 1 is 1.21 bits per heavy atom. The first kappa shape index (κ1) is 15.9. The van der Waals surface area contributed by atoms with Gasteiger partial charge in [-0.05, 0) is 18.2 Å². The lowest BCUT2D eigenvalue weighted by Gasteiger charge is -2.03. The molecule has 0 saturated heterocycles. The quantitative estimate of drug-likeness (QED) is 0.566. The normalized spacial score (nSPS) is 11.1. The van der Waals surface area contributed by atoms with Gasteiger partial charge in [0.05, 0.1) is 11.7 Å². The Morgan fingerprint density at radius 3 is 2.79 bits per heavy atom. The maximum atomic E-state index is 13.6. The lowest BCUT2D eigenvalue weighted by atomic mass is 10.1. The molecule has 2 aromatic carbocycles. The van der Waals surface area contributed by atoms with E-state index in [0.717, 1.165) is 6.20 Å². The Balaban J connectivity index is 1.86. The molecule has 0 saturated carbocycles. The third-order valence-electron chi connectivity index (χ3n) is 3.38. The predicted octanol–water partition coefficient (Wildman–Crippen LogP) is 3.08. The van der Waals surface area contributed by atoms with Gasteiger partial charge in [-0.1, -0.05) is 35.9 Å². The molecule has 0 aliphatic carbocycles. The summed E-state index contributed by atoms with van der Waals surface area (Å²) in [5.74, 6) is -1.26. The number of rotatable bonds is 3. The van der Waals surface area contributed by atoms with E-state index >= 15 is 0 Å². The summed E-state index contributed by atoms with van der Waals surface area (Å²) in [6, 6.07) is 11.0. The minimum absolute atomic E-state index is 0.0543. The monoisotopic (exact) mass is 343 g/mol. The number of amides is 1. The average molecular weight is 344 g/mol. The van der Waals surface area contributed by atoms with Crippen LogP contribution in [-0.2, 0) is 0 Å². The number of H-pyrrole nitrogens is 1. The molecular weight excluding hydrogens is 333 g/mol. The van der Waals surface area contributed by atoms with Crippen LogP contribution in [0.5, 0.6) is 0 Å². The van der Waals surface area contributed by atoms with E-state index in [-0.39, 0.29) is 16.5 Å². The van der Waals surface area contributed by atoms with Gasteiger partial charge in [-0.15, -0.1) is 0 Å². The van der Waals surface area contributed by atoms with Crippen molar-refractivity contribution in [2.75, 3.05) is 0 Å². The van der Waals surface area contributed by atoms with Crippen LogP contribution in [-0.4, -0.2) is 17.1 Å². The number of fused-ring (bicyclic) bond motifs is 1. The molecule has 1 heterocycles. The Hall–Kier alpha value is -2.99. The van der Waals surface area contributed by atoms with E-state index in [9.17, 15) is 14.0 Å².